The van der Waals surface area contributed by atoms with Crippen LogP contribution in [0.2, 0.25) is 0 Å². The number of carbonyl (C=O) groups is 1. The van der Waals surface area contributed by atoms with Crippen LogP contribution in [-0.4, -0.2) is 37.6 Å². The van der Waals surface area contributed by atoms with Gasteiger partial charge in [-0.1, -0.05) is 6.92 Å². The Bertz CT molecular complexity index is 442. The predicted octanol–water partition coefficient (Wildman–Crippen LogP) is 1.21. The number of piperidine rings is 1. The summed E-state index contributed by atoms with van der Waals surface area (Å²) in [6.07, 6.45) is 3.78. The van der Waals surface area contributed by atoms with Crippen molar-refractivity contribution in [3.8, 4) is 5.88 Å². The van der Waals surface area contributed by atoms with Crippen LogP contribution in [-0.2, 0) is 0 Å². The SMILES string of the molecule is COc1ncccc1C(=O)NCC1(C)CCNCC1. The van der Waals surface area contributed by atoms with E-state index >= 15 is 0 Å². The lowest BCUT2D eigenvalue weighted by Crippen LogP contribution is -2.43. The summed E-state index contributed by atoms with van der Waals surface area (Å²) >= 11 is 0. The number of rotatable bonds is 4. The van der Waals surface area contributed by atoms with Crippen LogP contribution in [0.4, 0.5) is 0 Å². The van der Waals surface area contributed by atoms with Crippen molar-refractivity contribution >= 4 is 5.91 Å². The molecule has 104 valence electrons. The molecule has 5 nitrogen and oxygen atoms in total. The van der Waals surface area contributed by atoms with E-state index in [1.54, 1.807) is 18.3 Å². The van der Waals surface area contributed by atoms with Crippen molar-refractivity contribution in [2.75, 3.05) is 26.7 Å². The van der Waals surface area contributed by atoms with Crippen LogP contribution >= 0.6 is 0 Å². The molecule has 2 N–H and O–H groups in total. The highest BCUT2D eigenvalue weighted by Crippen LogP contribution is 2.27. The average Bonchev–Trinajstić information content (AvgIpc) is 2.45. The molecule has 5 heteroatoms. The van der Waals surface area contributed by atoms with E-state index in [0.29, 0.717) is 18.0 Å². The van der Waals surface area contributed by atoms with Gasteiger partial charge >= 0.3 is 0 Å². The number of hydrogen-bond donors (Lipinski definition) is 2. The topological polar surface area (TPSA) is 63.2 Å². The van der Waals surface area contributed by atoms with Crippen molar-refractivity contribution < 1.29 is 9.53 Å². The minimum atomic E-state index is -0.121. The Balaban J connectivity index is 1.97. The van der Waals surface area contributed by atoms with Crippen molar-refractivity contribution in [1.82, 2.24) is 15.6 Å². The second kappa shape index (κ2) is 6.02. The number of aromatic nitrogens is 1. The molecule has 0 aromatic carbocycles. The first kappa shape index (κ1) is 13.8. The van der Waals surface area contributed by atoms with Gasteiger partial charge in [0.1, 0.15) is 5.56 Å². The molecule has 0 radical (unpaired) electrons. The third-order valence-corrected chi connectivity index (χ3v) is 3.70. The zero-order valence-corrected chi connectivity index (χ0v) is 11.5. The summed E-state index contributed by atoms with van der Waals surface area (Å²) in [6, 6.07) is 3.47. The van der Waals surface area contributed by atoms with Crippen LogP contribution in [0.15, 0.2) is 18.3 Å². The molecule has 1 fully saturated rings. The number of ether oxygens (including phenoxy) is 1. The smallest absolute Gasteiger partial charge is 0.256 e. The van der Waals surface area contributed by atoms with E-state index in [1.807, 2.05) is 0 Å². The molecular formula is C14H21N3O2. The van der Waals surface area contributed by atoms with E-state index in [1.165, 1.54) is 7.11 Å². The molecule has 1 aromatic heterocycles. The molecule has 0 saturated carbocycles. The number of pyridine rings is 1. The maximum Gasteiger partial charge on any atom is 0.256 e. The van der Waals surface area contributed by atoms with Crippen molar-refractivity contribution in [1.29, 1.82) is 0 Å². The maximum atomic E-state index is 12.2. The van der Waals surface area contributed by atoms with E-state index in [9.17, 15) is 4.79 Å². The Morgan fingerprint density at radius 2 is 2.26 bits per heavy atom. The fourth-order valence-corrected chi connectivity index (χ4v) is 2.32. The fraction of sp³-hybridized carbons (Fsp3) is 0.571. The largest absolute Gasteiger partial charge is 0.480 e. The third-order valence-electron chi connectivity index (χ3n) is 3.70. The quantitative estimate of drug-likeness (QED) is 0.857. The van der Waals surface area contributed by atoms with Crippen LogP contribution in [0.5, 0.6) is 5.88 Å². The zero-order chi connectivity index (χ0) is 13.7. The highest BCUT2D eigenvalue weighted by molar-refractivity contribution is 5.96. The molecule has 1 aliphatic rings. The standard InChI is InChI=1S/C14H21N3O2/c1-14(5-8-15-9-6-14)10-17-12(18)11-4-3-7-16-13(11)19-2/h3-4,7,15H,5-6,8-10H2,1-2H3,(H,17,18). The number of nitrogens with zero attached hydrogens (tertiary/aromatic N) is 1. The van der Waals surface area contributed by atoms with Gasteiger partial charge < -0.3 is 15.4 Å². The van der Waals surface area contributed by atoms with Gasteiger partial charge in [0.05, 0.1) is 7.11 Å². The second-order valence-electron chi connectivity index (χ2n) is 5.30. The van der Waals surface area contributed by atoms with Crippen molar-refractivity contribution in [3.63, 3.8) is 0 Å². The van der Waals surface area contributed by atoms with Gasteiger partial charge in [0.2, 0.25) is 5.88 Å². The minimum absolute atomic E-state index is 0.121. The molecule has 0 aliphatic carbocycles. The normalized spacial score (nSPS) is 17.8. The van der Waals surface area contributed by atoms with Crippen LogP contribution in [0.25, 0.3) is 0 Å². The van der Waals surface area contributed by atoms with Gasteiger partial charge in [-0.3, -0.25) is 4.79 Å². The van der Waals surface area contributed by atoms with Gasteiger partial charge in [-0.2, -0.15) is 0 Å². The molecule has 19 heavy (non-hydrogen) atoms. The Morgan fingerprint density at radius 1 is 1.53 bits per heavy atom. The first-order chi connectivity index (χ1) is 9.14. The van der Waals surface area contributed by atoms with Crippen LogP contribution in [0.3, 0.4) is 0 Å². The molecule has 0 unspecified atom stereocenters. The number of nitrogens with one attached hydrogen (secondary N) is 2. The third kappa shape index (κ3) is 3.44. The minimum Gasteiger partial charge on any atom is -0.480 e. The summed E-state index contributed by atoms with van der Waals surface area (Å²) in [5.74, 6) is 0.250. The van der Waals surface area contributed by atoms with E-state index in [-0.39, 0.29) is 11.3 Å². The van der Waals surface area contributed by atoms with Crippen LogP contribution < -0.4 is 15.4 Å². The van der Waals surface area contributed by atoms with Crippen LogP contribution in [0.1, 0.15) is 30.1 Å². The van der Waals surface area contributed by atoms with Crippen molar-refractivity contribution in [2.24, 2.45) is 5.41 Å². The first-order valence-corrected chi connectivity index (χ1v) is 6.62. The van der Waals surface area contributed by atoms with Gasteiger partial charge in [0.25, 0.3) is 5.91 Å². The number of amides is 1. The van der Waals surface area contributed by atoms with Gasteiger partial charge in [0.15, 0.2) is 0 Å². The predicted molar refractivity (Wildman–Crippen MR) is 73.3 cm³/mol. The molecular weight excluding hydrogens is 242 g/mol. The highest BCUT2D eigenvalue weighted by atomic mass is 16.5. The Kier molecular flexibility index (Phi) is 4.37. The summed E-state index contributed by atoms with van der Waals surface area (Å²) in [6.45, 7) is 4.94. The highest BCUT2D eigenvalue weighted by Gasteiger charge is 2.27. The summed E-state index contributed by atoms with van der Waals surface area (Å²) in [7, 11) is 1.52. The number of methoxy groups -OCH3 is 1. The summed E-state index contributed by atoms with van der Waals surface area (Å²) in [4.78, 5) is 16.2. The van der Waals surface area contributed by atoms with Gasteiger partial charge in [0, 0.05) is 12.7 Å². The summed E-state index contributed by atoms with van der Waals surface area (Å²) in [5, 5.41) is 6.33. The molecule has 1 aromatic rings. The molecule has 0 atom stereocenters. The summed E-state index contributed by atoms with van der Waals surface area (Å²) in [5.41, 5.74) is 0.665. The second-order valence-corrected chi connectivity index (χ2v) is 5.30. The molecule has 2 rings (SSSR count). The molecule has 1 saturated heterocycles. The Morgan fingerprint density at radius 3 is 2.95 bits per heavy atom. The molecule has 0 bridgehead atoms. The lowest BCUT2D eigenvalue weighted by Gasteiger charge is -2.34. The van der Waals surface area contributed by atoms with E-state index in [2.05, 4.69) is 22.5 Å². The van der Waals surface area contributed by atoms with E-state index in [4.69, 9.17) is 4.74 Å². The number of carbonyl (C=O) groups excluding carboxylic acids is 1. The Labute approximate surface area is 113 Å². The molecule has 1 aliphatic heterocycles. The van der Waals surface area contributed by atoms with Crippen LogP contribution in [0, 0.1) is 5.41 Å². The zero-order valence-electron chi connectivity index (χ0n) is 11.5. The molecule has 2 heterocycles. The van der Waals surface area contributed by atoms with Gasteiger partial charge in [-0.15, -0.1) is 0 Å². The summed E-state index contributed by atoms with van der Waals surface area (Å²) < 4.78 is 5.10. The lowest BCUT2D eigenvalue weighted by molar-refractivity contribution is 0.0918. The Hall–Kier alpha value is -1.62. The van der Waals surface area contributed by atoms with Gasteiger partial charge in [-0.05, 0) is 43.5 Å². The lowest BCUT2D eigenvalue weighted by atomic mass is 9.81. The monoisotopic (exact) mass is 263 g/mol. The fourth-order valence-electron chi connectivity index (χ4n) is 2.32. The van der Waals surface area contributed by atoms with E-state index < -0.39 is 0 Å². The first-order valence-electron chi connectivity index (χ1n) is 6.62. The maximum absolute atomic E-state index is 12.2. The molecule has 0 spiro atoms. The molecule has 1 amide bonds. The van der Waals surface area contributed by atoms with Crippen molar-refractivity contribution in [2.45, 2.75) is 19.8 Å². The van der Waals surface area contributed by atoms with E-state index in [0.717, 1.165) is 25.9 Å². The average molecular weight is 263 g/mol. The number of hydrogen-bond acceptors (Lipinski definition) is 4. The van der Waals surface area contributed by atoms with Gasteiger partial charge in [-0.25, -0.2) is 4.98 Å². The van der Waals surface area contributed by atoms with Crippen molar-refractivity contribution in [3.05, 3.63) is 23.9 Å².